The number of methoxy groups -OCH3 is 1. The summed E-state index contributed by atoms with van der Waals surface area (Å²) in [7, 11) is 1.71. The second-order valence-electron chi connectivity index (χ2n) is 5.69. The molecular weight excluding hydrogens is 246 g/mol. The maximum atomic E-state index is 6.43. The van der Waals surface area contributed by atoms with Crippen molar-refractivity contribution in [1.29, 1.82) is 0 Å². The van der Waals surface area contributed by atoms with Crippen LogP contribution in [-0.4, -0.2) is 7.11 Å². The van der Waals surface area contributed by atoms with Gasteiger partial charge in [0.15, 0.2) is 0 Å². The number of hydrogen-bond donors (Lipinski definition) is 1. The first-order chi connectivity index (χ1) is 9.69. The van der Waals surface area contributed by atoms with Crippen LogP contribution in [0.25, 0.3) is 0 Å². The SMILES string of the molecule is COc1ccc(C)cc1C(N)CC1Cc2ccccc21. The van der Waals surface area contributed by atoms with E-state index >= 15 is 0 Å². The molecule has 0 aliphatic heterocycles. The number of aryl methyl sites for hydroxylation is 1. The molecule has 2 unspecified atom stereocenters. The van der Waals surface area contributed by atoms with Crippen LogP contribution in [0.1, 0.15) is 40.6 Å². The Bertz CT molecular complexity index is 621. The molecule has 20 heavy (non-hydrogen) atoms. The Morgan fingerprint density at radius 1 is 1.25 bits per heavy atom. The van der Waals surface area contributed by atoms with Crippen LogP contribution in [0.15, 0.2) is 42.5 Å². The van der Waals surface area contributed by atoms with Crippen molar-refractivity contribution in [2.45, 2.75) is 31.7 Å². The molecule has 104 valence electrons. The number of ether oxygens (including phenoxy) is 1. The minimum absolute atomic E-state index is 0.0307. The summed E-state index contributed by atoms with van der Waals surface area (Å²) in [4.78, 5) is 0. The molecular formula is C18H21NO. The monoisotopic (exact) mass is 267 g/mol. The summed E-state index contributed by atoms with van der Waals surface area (Å²) < 4.78 is 5.44. The second-order valence-corrected chi connectivity index (χ2v) is 5.69. The first-order valence-electron chi connectivity index (χ1n) is 7.17. The smallest absolute Gasteiger partial charge is 0.123 e. The zero-order valence-corrected chi connectivity index (χ0v) is 12.1. The third kappa shape index (κ3) is 2.32. The van der Waals surface area contributed by atoms with Crippen molar-refractivity contribution in [2.75, 3.05) is 7.11 Å². The van der Waals surface area contributed by atoms with E-state index in [1.165, 1.54) is 16.7 Å². The summed E-state index contributed by atoms with van der Waals surface area (Å²) in [5, 5.41) is 0. The summed E-state index contributed by atoms with van der Waals surface area (Å²) in [5.74, 6) is 1.49. The molecule has 0 fully saturated rings. The molecule has 0 amide bonds. The molecule has 2 aromatic carbocycles. The summed E-state index contributed by atoms with van der Waals surface area (Å²) in [5.41, 5.74) is 11.7. The van der Waals surface area contributed by atoms with Crippen LogP contribution in [0.2, 0.25) is 0 Å². The quantitative estimate of drug-likeness (QED) is 0.916. The number of benzene rings is 2. The lowest BCUT2D eigenvalue weighted by Gasteiger charge is -2.32. The molecule has 2 aromatic rings. The number of fused-ring (bicyclic) bond motifs is 1. The molecule has 2 atom stereocenters. The standard InChI is InChI=1S/C18H21NO/c1-12-7-8-18(20-2)16(9-12)17(19)11-14-10-13-5-3-4-6-15(13)14/h3-9,14,17H,10-11,19H2,1-2H3. The van der Waals surface area contributed by atoms with Gasteiger partial charge in [-0.25, -0.2) is 0 Å². The van der Waals surface area contributed by atoms with E-state index in [9.17, 15) is 0 Å². The molecule has 0 saturated carbocycles. The number of nitrogens with two attached hydrogens (primary N) is 1. The highest BCUT2D eigenvalue weighted by Crippen LogP contribution is 2.41. The van der Waals surface area contributed by atoms with E-state index in [-0.39, 0.29) is 6.04 Å². The van der Waals surface area contributed by atoms with E-state index in [1.807, 2.05) is 6.07 Å². The molecule has 0 bridgehead atoms. The Balaban J connectivity index is 1.78. The van der Waals surface area contributed by atoms with Gasteiger partial charge in [-0.05, 0) is 42.9 Å². The zero-order chi connectivity index (χ0) is 14.1. The molecule has 3 rings (SSSR count). The molecule has 0 spiro atoms. The van der Waals surface area contributed by atoms with Gasteiger partial charge in [-0.1, -0.05) is 42.0 Å². The topological polar surface area (TPSA) is 35.2 Å². The van der Waals surface area contributed by atoms with Gasteiger partial charge in [0.2, 0.25) is 0 Å². The molecule has 0 saturated heterocycles. The van der Waals surface area contributed by atoms with Gasteiger partial charge in [0, 0.05) is 11.6 Å². The van der Waals surface area contributed by atoms with Crippen LogP contribution in [-0.2, 0) is 6.42 Å². The van der Waals surface area contributed by atoms with Crippen LogP contribution in [0.3, 0.4) is 0 Å². The average molecular weight is 267 g/mol. The van der Waals surface area contributed by atoms with E-state index in [0.29, 0.717) is 5.92 Å². The van der Waals surface area contributed by atoms with E-state index in [4.69, 9.17) is 10.5 Å². The maximum Gasteiger partial charge on any atom is 0.123 e. The Morgan fingerprint density at radius 2 is 2.05 bits per heavy atom. The second kappa shape index (κ2) is 5.29. The van der Waals surface area contributed by atoms with Gasteiger partial charge in [-0.15, -0.1) is 0 Å². The van der Waals surface area contributed by atoms with E-state index in [2.05, 4.69) is 43.3 Å². The normalized spacial score (nSPS) is 18.1. The van der Waals surface area contributed by atoms with Gasteiger partial charge < -0.3 is 10.5 Å². The highest BCUT2D eigenvalue weighted by molar-refractivity contribution is 5.42. The first kappa shape index (κ1) is 13.2. The maximum absolute atomic E-state index is 6.43. The molecule has 2 nitrogen and oxygen atoms in total. The predicted octanol–water partition coefficient (Wildman–Crippen LogP) is 3.73. The van der Waals surface area contributed by atoms with Gasteiger partial charge in [-0.2, -0.15) is 0 Å². The van der Waals surface area contributed by atoms with Gasteiger partial charge in [0.05, 0.1) is 7.11 Å². The van der Waals surface area contributed by atoms with E-state index in [1.54, 1.807) is 7.11 Å². The molecule has 0 aromatic heterocycles. The Labute approximate surface area is 120 Å². The van der Waals surface area contributed by atoms with E-state index in [0.717, 1.165) is 24.2 Å². The summed E-state index contributed by atoms with van der Waals surface area (Å²) >= 11 is 0. The van der Waals surface area contributed by atoms with Gasteiger partial charge in [-0.3, -0.25) is 0 Å². The number of rotatable bonds is 4. The minimum Gasteiger partial charge on any atom is -0.496 e. The molecule has 1 aliphatic carbocycles. The number of hydrogen-bond acceptors (Lipinski definition) is 2. The Morgan fingerprint density at radius 3 is 2.80 bits per heavy atom. The summed E-state index contributed by atoms with van der Waals surface area (Å²) in [6.45, 7) is 2.09. The third-order valence-electron chi connectivity index (χ3n) is 4.28. The minimum atomic E-state index is 0.0307. The van der Waals surface area contributed by atoms with Gasteiger partial charge in [0.1, 0.15) is 5.75 Å². The molecule has 0 heterocycles. The van der Waals surface area contributed by atoms with E-state index < -0.39 is 0 Å². The molecule has 1 aliphatic rings. The van der Waals surface area contributed by atoms with Crippen LogP contribution in [0.5, 0.6) is 5.75 Å². The third-order valence-corrected chi connectivity index (χ3v) is 4.28. The zero-order valence-electron chi connectivity index (χ0n) is 12.1. The Hall–Kier alpha value is -1.80. The highest BCUT2D eigenvalue weighted by Gasteiger charge is 2.28. The lowest BCUT2D eigenvalue weighted by Crippen LogP contribution is -2.23. The van der Waals surface area contributed by atoms with Crippen molar-refractivity contribution in [3.8, 4) is 5.75 Å². The van der Waals surface area contributed by atoms with Crippen LogP contribution in [0.4, 0.5) is 0 Å². The van der Waals surface area contributed by atoms with Crippen molar-refractivity contribution in [3.63, 3.8) is 0 Å². The Kier molecular flexibility index (Phi) is 3.49. The summed E-state index contributed by atoms with van der Waals surface area (Å²) in [6.07, 6.45) is 2.13. The van der Waals surface area contributed by atoms with Gasteiger partial charge in [0.25, 0.3) is 0 Å². The fraction of sp³-hybridized carbons (Fsp3) is 0.333. The summed E-state index contributed by atoms with van der Waals surface area (Å²) in [6, 6.07) is 14.9. The lowest BCUT2D eigenvalue weighted by atomic mass is 9.74. The molecule has 0 radical (unpaired) electrons. The lowest BCUT2D eigenvalue weighted by molar-refractivity contribution is 0.399. The van der Waals surface area contributed by atoms with Crippen molar-refractivity contribution in [1.82, 2.24) is 0 Å². The van der Waals surface area contributed by atoms with Crippen molar-refractivity contribution in [3.05, 3.63) is 64.7 Å². The molecule has 2 N–H and O–H groups in total. The fourth-order valence-corrected chi connectivity index (χ4v) is 3.15. The van der Waals surface area contributed by atoms with Crippen LogP contribution in [0, 0.1) is 6.92 Å². The largest absolute Gasteiger partial charge is 0.496 e. The first-order valence-corrected chi connectivity index (χ1v) is 7.17. The fourth-order valence-electron chi connectivity index (χ4n) is 3.15. The van der Waals surface area contributed by atoms with Crippen LogP contribution < -0.4 is 10.5 Å². The average Bonchev–Trinajstić information content (AvgIpc) is 2.44. The van der Waals surface area contributed by atoms with Crippen molar-refractivity contribution < 1.29 is 4.74 Å². The molecule has 2 heteroatoms. The predicted molar refractivity (Wildman–Crippen MR) is 82.2 cm³/mol. The van der Waals surface area contributed by atoms with Gasteiger partial charge >= 0.3 is 0 Å². The van der Waals surface area contributed by atoms with Crippen LogP contribution >= 0.6 is 0 Å². The highest BCUT2D eigenvalue weighted by atomic mass is 16.5. The van der Waals surface area contributed by atoms with Crippen molar-refractivity contribution >= 4 is 0 Å². The van der Waals surface area contributed by atoms with Crippen molar-refractivity contribution in [2.24, 2.45) is 5.73 Å².